The fraction of sp³-hybridized carbons (Fsp3) is 0.273. The Morgan fingerprint density at radius 2 is 1.75 bits per heavy atom. The van der Waals surface area contributed by atoms with Crippen molar-refractivity contribution in [3.8, 4) is 11.3 Å². The first kappa shape index (κ1) is 23.8. The largest absolute Gasteiger partial charge is 0.416 e. The Bertz CT molecular complexity index is 1070. The Balaban J connectivity index is 1.94. The molecule has 2 aromatic carbocycles. The fourth-order valence-corrected chi connectivity index (χ4v) is 3.92. The topological polar surface area (TPSA) is 59.2 Å². The molecule has 4 nitrogen and oxygen atoms in total. The molecule has 0 atom stereocenters. The maximum atomic E-state index is 14.2. The molecule has 0 saturated heterocycles. The van der Waals surface area contributed by atoms with Crippen LogP contribution in [0.4, 0.5) is 32.8 Å². The van der Waals surface area contributed by atoms with Crippen LogP contribution in [0.1, 0.15) is 31.2 Å². The lowest BCUT2D eigenvalue weighted by Gasteiger charge is -2.21. The number of anilines is 2. The predicted octanol–water partition coefficient (Wildman–Crippen LogP) is 6.29. The summed E-state index contributed by atoms with van der Waals surface area (Å²) in [7, 11) is 0. The summed E-state index contributed by atoms with van der Waals surface area (Å²) < 4.78 is 66.2. The third-order valence-electron chi connectivity index (χ3n) is 4.69. The van der Waals surface area contributed by atoms with E-state index in [-0.39, 0.29) is 34.4 Å². The van der Waals surface area contributed by atoms with Gasteiger partial charge in [-0.3, -0.25) is 9.69 Å². The number of hydrogen-bond acceptors (Lipinski definition) is 4. The number of carbonyl (C=O) groups excluding carboxylic acids is 1. The van der Waals surface area contributed by atoms with Gasteiger partial charge >= 0.3 is 6.18 Å². The van der Waals surface area contributed by atoms with Crippen LogP contribution in [-0.4, -0.2) is 17.4 Å². The van der Waals surface area contributed by atoms with Crippen LogP contribution in [0.5, 0.6) is 0 Å². The summed E-state index contributed by atoms with van der Waals surface area (Å²) in [5, 5.41) is 1.68. The minimum Gasteiger partial charge on any atom is -0.330 e. The molecule has 1 amide bonds. The molecule has 0 aliphatic carbocycles. The summed E-state index contributed by atoms with van der Waals surface area (Å²) in [6.07, 6.45) is -2.34. The van der Waals surface area contributed by atoms with Crippen LogP contribution in [-0.2, 0) is 11.0 Å². The van der Waals surface area contributed by atoms with E-state index in [9.17, 15) is 26.7 Å². The summed E-state index contributed by atoms with van der Waals surface area (Å²) in [5.74, 6) is -1.90. The number of rotatable bonds is 8. The first-order valence-corrected chi connectivity index (χ1v) is 10.7. The van der Waals surface area contributed by atoms with Crippen molar-refractivity contribution in [3.63, 3.8) is 0 Å². The minimum absolute atomic E-state index is 0.0525. The Morgan fingerprint density at radius 1 is 1.03 bits per heavy atom. The average molecular weight is 469 g/mol. The van der Waals surface area contributed by atoms with E-state index in [1.807, 2.05) is 0 Å². The van der Waals surface area contributed by atoms with Crippen molar-refractivity contribution < 1.29 is 26.7 Å². The number of nitrogens with two attached hydrogens (primary N) is 1. The fourth-order valence-electron chi connectivity index (χ4n) is 3.06. The van der Waals surface area contributed by atoms with Gasteiger partial charge in [-0.2, -0.15) is 13.2 Å². The molecule has 0 unspecified atom stereocenters. The molecular formula is C22H20F5N3OS. The molecule has 0 spiro atoms. The standard InChI is InChI=1S/C22H20F5N3OS/c23-15-7-10-17(18(24)12-15)19-13-32-21(29-19)30(20(31)4-2-1-3-11-28)16-8-5-14(6-9-16)22(25,26)27/h5-10,12-13H,1-4,11,28H2. The number of carbonyl (C=O) groups is 1. The zero-order valence-corrected chi connectivity index (χ0v) is 17.6. The van der Waals surface area contributed by atoms with Gasteiger partial charge in [0.05, 0.1) is 16.9 Å². The van der Waals surface area contributed by atoms with Gasteiger partial charge in [0.2, 0.25) is 5.91 Å². The lowest BCUT2D eigenvalue weighted by atomic mass is 10.1. The number of aromatic nitrogens is 1. The predicted molar refractivity (Wildman–Crippen MR) is 114 cm³/mol. The van der Waals surface area contributed by atoms with Crippen LogP contribution in [0.25, 0.3) is 11.3 Å². The van der Waals surface area contributed by atoms with Gasteiger partial charge in [0.1, 0.15) is 11.6 Å². The number of benzene rings is 2. The Labute approximate surface area is 185 Å². The van der Waals surface area contributed by atoms with Crippen molar-refractivity contribution in [3.05, 3.63) is 65.0 Å². The van der Waals surface area contributed by atoms with Crippen molar-refractivity contribution in [1.29, 1.82) is 0 Å². The highest BCUT2D eigenvalue weighted by molar-refractivity contribution is 7.14. The summed E-state index contributed by atoms with van der Waals surface area (Å²) in [6.45, 7) is 0.496. The second-order valence-electron chi connectivity index (χ2n) is 7.01. The first-order chi connectivity index (χ1) is 15.2. The van der Waals surface area contributed by atoms with Crippen LogP contribution >= 0.6 is 11.3 Å². The van der Waals surface area contributed by atoms with Crippen LogP contribution < -0.4 is 10.6 Å². The van der Waals surface area contributed by atoms with E-state index in [4.69, 9.17) is 5.73 Å². The monoisotopic (exact) mass is 469 g/mol. The second-order valence-corrected chi connectivity index (χ2v) is 7.85. The molecule has 0 saturated carbocycles. The molecular weight excluding hydrogens is 449 g/mol. The van der Waals surface area contributed by atoms with Crippen LogP contribution in [0, 0.1) is 11.6 Å². The Morgan fingerprint density at radius 3 is 2.38 bits per heavy atom. The maximum absolute atomic E-state index is 14.2. The molecule has 0 aliphatic heterocycles. The number of unbranched alkanes of at least 4 members (excludes halogenated alkanes) is 2. The van der Waals surface area contributed by atoms with Crippen molar-refractivity contribution in [2.24, 2.45) is 5.73 Å². The zero-order chi connectivity index (χ0) is 23.3. The zero-order valence-electron chi connectivity index (χ0n) is 16.8. The molecule has 0 radical (unpaired) electrons. The van der Waals surface area contributed by atoms with E-state index in [1.54, 1.807) is 0 Å². The van der Waals surface area contributed by atoms with Gasteiger partial charge in [0.25, 0.3) is 0 Å². The SMILES string of the molecule is NCCCCCC(=O)N(c1ccc(C(F)(F)F)cc1)c1nc(-c2ccc(F)cc2F)cs1. The van der Waals surface area contributed by atoms with Gasteiger partial charge in [-0.15, -0.1) is 11.3 Å². The summed E-state index contributed by atoms with van der Waals surface area (Å²) in [5.41, 5.74) is 5.08. The van der Waals surface area contributed by atoms with Gasteiger partial charge in [0, 0.05) is 23.4 Å². The Kier molecular flexibility index (Phi) is 7.57. The Hall–Kier alpha value is -2.85. The molecule has 0 bridgehead atoms. The maximum Gasteiger partial charge on any atom is 0.416 e. The van der Waals surface area contributed by atoms with Crippen molar-refractivity contribution in [1.82, 2.24) is 4.98 Å². The van der Waals surface area contributed by atoms with Gasteiger partial charge in [-0.25, -0.2) is 13.8 Å². The number of thiazole rings is 1. The van der Waals surface area contributed by atoms with Crippen LogP contribution in [0.15, 0.2) is 47.8 Å². The van der Waals surface area contributed by atoms with Crippen LogP contribution in [0.2, 0.25) is 0 Å². The average Bonchev–Trinajstić information content (AvgIpc) is 3.20. The normalized spacial score (nSPS) is 11.6. The van der Waals surface area contributed by atoms with E-state index >= 15 is 0 Å². The van der Waals surface area contributed by atoms with E-state index in [0.29, 0.717) is 13.0 Å². The highest BCUT2D eigenvalue weighted by Gasteiger charge is 2.31. The number of nitrogens with zero attached hydrogens (tertiary/aromatic N) is 2. The third-order valence-corrected chi connectivity index (χ3v) is 5.51. The number of hydrogen-bond donors (Lipinski definition) is 1. The molecule has 32 heavy (non-hydrogen) atoms. The number of amides is 1. The highest BCUT2D eigenvalue weighted by Crippen LogP contribution is 2.36. The van der Waals surface area contributed by atoms with Crippen LogP contribution in [0.3, 0.4) is 0 Å². The van der Waals surface area contributed by atoms with E-state index < -0.39 is 23.4 Å². The van der Waals surface area contributed by atoms with Gasteiger partial charge in [-0.1, -0.05) is 6.42 Å². The molecule has 170 valence electrons. The van der Waals surface area contributed by atoms with Gasteiger partial charge < -0.3 is 5.73 Å². The van der Waals surface area contributed by atoms with Crippen molar-refractivity contribution in [2.75, 3.05) is 11.4 Å². The lowest BCUT2D eigenvalue weighted by Crippen LogP contribution is -2.25. The lowest BCUT2D eigenvalue weighted by molar-refractivity contribution is -0.137. The summed E-state index contributed by atoms with van der Waals surface area (Å²) in [6, 6.07) is 7.22. The van der Waals surface area contributed by atoms with Crippen molar-refractivity contribution in [2.45, 2.75) is 31.9 Å². The minimum atomic E-state index is -4.51. The number of halogens is 5. The number of alkyl halides is 3. The summed E-state index contributed by atoms with van der Waals surface area (Å²) >= 11 is 1.03. The molecule has 3 rings (SSSR count). The molecule has 1 aromatic heterocycles. The molecule has 1 heterocycles. The second kappa shape index (κ2) is 10.2. The molecule has 0 fully saturated rings. The molecule has 10 heteroatoms. The third kappa shape index (κ3) is 5.68. The molecule has 3 aromatic rings. The summed E-state index contributed by atoms with van der Waals surface area (Å²) in [4.78, 5) is 18.5. The van der Waals surface area contributed by atoms with E-state index in [2.05, 4.69) is 4.98 Å². The smallest absolute Gasteiger partial charge is 0.330 e. The van der Waals surface area contributed by atoms with Gasteiger partial charge in [0.15, 0.2) is 5.13 Å². The quantitative estimate of drug-likeness (QED) is 0.312. The van der Waals surface area contributed by atoms with Gasteiger partial charge in [-0.05, 0) is 55.8 Å². The molecule has 0 aliphatic rings. The van der Waals surface area contributed by atoms with Crippen molar-refractivity contribution >= 4 is 28.1 Å². The first-order valence-electron chi connectivity index (χ1n) is 9.82. The van der Waals surface area contributed by atoms with E-state index in [0.717, 1.165) is 48.4 Å². The molecule has 2 N–H and O–H groups in total. The highest BCUT2D eigenvalue weighted by atomic mass is 32.1. The van der Waals surface area contributed by atoms with E-state index in [1.165, 1.54) is 28.5 Å².